The molecule has 3 heterocycles. The van der Waals surface area contributed by atoms with Gasteiger partial charge in [0.05, 0.1) is 6.33 Å². The van der Waals surface area contributed by atoms with Crippen molar-refractivity contribution in [3.8, 4) is 0 Å². The third-order valence-electron chi connectivity index (χ3n) is 4.76. The Balaban J connectivity index is 1.63. The van der Waals surface area contributed by atoms with Crippen molar-refractivity contribution in [3.05, 3.63) is 60.2 Å². The molecule has 1 amide bonds. The van der Waals surface area contributed by atoms with Gasteiger partial charge in [-0.25, -0.2) is 15.0 Å². The molecular weight excluding hydrogens is 448 g/mol. The lowest BCUT2D eigenvalue weighted by Gasteiger charge is -2.16. The SMILES string of the molecule is O=C(Nc1ncnc2c1ncn2C1OC(/C=C(\F)P(=O)(O)O)C(O)C1O)c1ccccc1. The van der Waals surface area contributed by atoms with E-state index in [4.69, 9.17) is 14.5 Å². The number of hydrogen-bond donors (Lipinski definition) is 5. The molecule has 0 spiro atoms. The zero-order valence-corrected chi connectivity index (χ0v) is 17.0. The molecule has 1 aliphatic heterocycles. The Labute approximate surface area is 179 Å². The number of carbonyl (C=O) groups excluding carboxylic acids is 1. The summed E-state index contributed by atoms with van der Waals surface area (Å²) in [5.74, 6) is -0.356. The number of nitrogens with zero attached hydrogens (tertiary/aromatic N) is 4. The fourth-order valence-electron chi connectivity index (χ4n) is 3.18. The third-order valence-corrected chi connectivity index (χ3v) is 5.46. The summed E-state index contributed by atoms with van der Waals surface area (Å²) in [6, 6.07) is 8.38. The lowest BCUT2D eigenvalue weighted by atomic mass is 10.1. The van der Waals surface area contributed by atoms with Crippen LogP contribution in [-0.4, -0.2) is 63.7 Å². The van der Waals surface area contributed by atoms with Crippen LogP contribution in [0.5, 0.6) is 0 Å². The van der Waals surface area contributed by atoms with Crippen LogP contribution in [-0.2, 0) is 9.30 Å². The zero-order chi connectivity index (χ0) is 23.0. The van der Waals surface area contributed by atoms with Gasteiger partial charge in [0.2, 0.25) is 5.57 Å². The fourth-order valence-corrected chi connectivity index (χ4v) is 3.53. The predicted octanol–water partition coefficient (Wildman–Crippen LogP) is 0.686. The summed E-state index contributed by atoms with van der Waals surface area (Å²) in [4.78, 5) is 42.4. The molecule has 1 aliphatic rings. The molecule has 0 bridgehead atoms. The summed E-state index contributed by atoms with van der Waals surface area (Å²) < 4.78 is 31.3. The Kier molecular flexibility index (Phi) is 5.86. The molecule has 2 aromatic heterocycles. The first-order valence-electron chi connectivity index (χ1n) is 9.16. The molecule has 4 atom stereocenters. The number of carbonyl (C=O) groups is 1. The van der Waals surface area contributed by atoms with Crippen molar-refractivity contribution in [3.63, 3.8) is 0 Å². The molecule has 1 fully saturated rings. The van der Waals surface area contributed by atoms with Gasteiger partial charge in [0.15, 0.2) is 23.2 Å². The minimum Gasteiger partial charge on any atom is -0.387 e. The van der Waals surface area contributed by atoms with Crippen LogP contribution in [0.2, 0.25) is 0 Å². The van der Waals surface area contributed by atoms with E-state index in [-0.39, 0.29) is 17.0 Å². The van der Waals surface area contributed by atoms with Crippen LogP contribution in [0.25, 0.3) is 11.2 Å². The highest BCUT2D eigenvalue weighted by molar-refractivity contribution is 7.56. The van der Waals surface area contributed by atoms with Gasteiger partial charge in [-0.1, -0.05) is 18.2 Å². The monoisotopic (exact) mass is 465 g/mol. The van der Waals surface area contributed by atoms with Gasteiger partial charge >= 0.3 is 7.60 Å². The maximum Gasteiger partial charge on any atom is 0.384 e. The number of aromatic nitrogens is 4. The van der Waals surface area contributed by atoms with Gasteiger partial charge in [-0.15, -0.1) is 0 Å². The number of anilines is 1. The van der Waals surface area contributed by atoms with E-state index < -0.39 is 43.6 Å². The van der Waals surface area contributed by atoms with Crippen molar-refractivity contribution in [1.82, 2.24) is 19.5 Å². The van der Waals surface area contributed by atoms with E-state index >= 15 is 0 Å². The number of rotatable bonds is 5. The normalized spacial score (nSPS) is 24.1. The molecule has 4 unspecified atom stereocenters. The Morgan fingerprint density at radius 1 is 1.16 bits per heavy atom. The number of halogens is 1. The van der Waals surface area contributed by atoms with Crippen molar-refractivity contribution in [2.75, 3.05) is 5.32 Å². The second-order valence-corrected chi connectivity index (χ2v) is 8.39. The van der Waals surface area contributed by atoms with E-state index in [1.807, 2.05) is 0 Å². The second kappa shape index (κ2) is 8.47. The van der Waals surface area contributed by atoms with Gasteiger partial charge < -0.3 is 30.1 Å². The van der Waals surface area contributed by atoms with E-state index in [2.05, 4.69) is 20.3 Å². The molecule has 0 saturated carbocycles. The summed E-state index contributed by atoms with van der Waals surface area (Å²) in [5, 5.41) is 23.1. The molecule has 4 rings (SSSR count). The molecule has 14 heteroatoms. The zero-order valence-electron chi connectivity index (χ0n) is 16.1. The van der Waals surface area contributed by atoms with Crippen LogP contribution >= 0.6 is 7.60 Å². The molecule has 1 aromatic carbocycles. The number of imidazole rings is 1. The molecular formula is C18H17FN5O7P. The number of hydrogen-bond acceptors (Lipinski definition) is 8. The Hall–Kier alpha value is -3.06. The van der Waals surface area contributed by atoms with Gasteiger partial charge in [0.1, 0.15) is 24.6 Å². The minimum absolute atomic E-state index is 0.0830. The van der Waals surface area contributed by atoms with E-state index in [1.54, 1.807) is 30.3 Å². The van der Waals surface area contributed by atoms with E-state index in [1.165, 1.54) is 10.9 Å². The van der Waals surface area contributed by atoms with Crippen molar-refractivity contribution in [2.24, 2.45) is 0 Å². The first kappa shape index (κ1) is 22.1. The number of aliphatic hydroxyl groups is 2. The maximum absolute atomic E-state index is 13.6. The largest absolute Gasteiger partial charge is 0.387 e. The van der Waals surface area contributed by atoms with Gasteiger partial charge in [0, 0.05) is 5.56 Å². The lowest BCUT2D eigenvalue weighted by molar-refractivity contribution is -0.0246. The van der Waals surface area contributed by atoms with Crippen LogP contribution in [0.4, 0.5) is 10.2 Å². The topological polar surface area (TPSA) is 180 Å². The van der Waals surface area contributed by atoms with Crippen LogP contribution in [0.1, 0.15) is 16.6 Å². The first-order valence-corrected chi connectivity index (χ1v) is 10.8. The number of aliphatic hydroxyl groups excluding tert-OH is 2. The molecule has 3 aromatic rings. The van der Waals surface area contributed by atoms with Crippen molar-refractivity contribution in [2.45, 2.75) is 24.5 Å². The number of nitrogens with one attached hydrogen (secondary N) is 1. The van der Waals surface area contributed by atoms with Gasteiger partial charge in [-0.2, -0.15) is 4.39 Å². The van der Waals surface area contributed by atoms with Crippen LogP contribution in [0, 0.1) is 0 Å². The molecule has 32 heavy (non-hydrogen) atoms. The highest BCUT2D eigenvalue weighted by Gasteiger charge is 2.44. The van der Waals surface area contributed by atoms with E-state index in [9.17, 15) is 24.0 Å². The highest BCUT2D eigenvalue weighted by atomic mass is 31.2. The number of ether oxygens (including phenoxy) is 1. The Morgan fingerprint density at radius 2 is 1.88 bits per heavy atom. The number of benzene rings is 1. The Bertz CT molecular complexity index is 1230. The lowest BCUT2D eigenvalue weighted by Crippen LogP contribution is -2.30. The summed E-state index contributed by atoms with van der Waals surface area (Å²) >= 11 is 0. The standard InChI is InChI=1S/C18H17FN5O7P/c19-11(32(28,29)30)6-10-13(25)14(26)18(31-10)24-8-22-12-15(20-7-21-16(12)24)23-17(27)9-4-2-1-3-5-9/h1-8,10,13-14,18,25-26H,(H2,28,29,30)(H,20,21,23,27)/b11-6+. The molecule has 5 N–H and O–H groups in total. The van der Waals surface area contributed by atoms with Crippen LogP contribution in [0.3, 0.4) is 0 Å². The van der Waals surface area contributed by atoms with Gasteiger partial charge in [0.25, 0.3) is 5.91 Å². The predicted molar refractivity (Wildman–Crippen MR) is 107 cm³/mol. The summed E-state index contributed by atoms with van der Waals surface area (Å²) in [5.41, 5.74) is -1.13. The average Bonchev–Trinajstić information content (AvgIpc) is 3.31. The highest BCUT2D eigenvalue weighted by Crippen LogP contribution is 2.47. The molecule has 1 saturated heterocycles. The number of amides is 1. The summed E-state index contributed by atoms with van der Waals surface area (Å²) in [7, 11) is -5.18. The third kappa shape index (κ3) is 4.17. The van der Waals surface area contributed by atoms with Crippen LogP contribution in [0.15, 0.2) is 54.6 Å². The minimum atomic E-state index is -5.18. The van der Waals surface area contributed by atoms with E-state index in [0.717, 1.165) is 6.33 Å². The fraction of sp³-hybridized carbons (Fsp3) is 0.222. The Morgan fingerprint density at radius 3 is 2.56 bits per heavy atom. The molecule has 168 valence electrons. The van der Waals surface area contributed by atoms with Crippen molar-refractivity contribution in [1.29, 1.82) is 0 Å². The molecule has 0 radical (unpaired) electrons. The van der Waals surface area contributed by atoms with Crippen LogP contribution < -0.4 is 5.32 Å². The molecule has 12 nitrogen and oxygen atoms in total. The quantitative estimate of drug-likeness (QED) is 0.336. The second-order valence-electron chi connectivity index (χ2n) is 6.87. The average molecular weight is 465 g/mol. The van der Waals surface area contributed by atoms with E-state index in [0.29, 0.717) is 11.6 Å². The summed E-state index contributed by atoms with van der Waals surface area (Å²) in [6.07, 6.45) is -3.38. The molecule has 0 aliphatic carbocycles. The van der Waals surface area contributed by atoms with Gasteiger partial charge in [-0.05, 0) is 18.2 Å². The van der Waals surface area contributed by atoms with Crippen molar-refractivity contribution >= 4 is 30.5 Å². The maximum atomic E-state index is 13.6. The van der Waals surface area contributed by atoms with Gasteiger partial charge in [-0.3, -0.25) is 13.9 Å². The van der Waals surface area contributed by atoms with Crippen molar-refractivity contribution < 1.29 is 38.5 Å². The number of fused-ring (bicyclic) bond motifs is 1. The summed E-state index contributed by atoms with van der Waals surface area (Å²) in [6.45, 7) is 0. The first-order chi connectivity index (χ1) is 15.2. The smallest absolute Gasteiger partial charge is 0.384 e.